The van der Waals surface area contributed by atoms with E-state index in [4.69, 9.17) is 16.3 Å². The maximum Gasteiger partial charge on any atom is 0.249 e. The van der Waals surface area contributed by atoms with E-state index in [0.29, 0.717) is 23.8 Å². The number of rotatable bonds is 5. The molecule has 2 rings (SSSR count). The number of carbonyl (C=O) groups is 1. The lowest BCUT2D eigenvalue weighted by molar-refractivity contribution is -0.118. The van der Waals surface area contributed by atoms with Gasteiger partial charge in [0.05, 0.1) is 19.6 Å². The number of halogens is 1. The van der Waals surface area contributed by atoms with Crippen molar-refractivity contribution < 1.29 is 9.53 Å². The average molecular weight is 306 g/mol. The van der Waals surface area contributed by atoms with Gasteiger partial charge in [-0.05, 0) is 23.8 Å². The molecule has 5 nitrogen and oxygen atoms in total. The van der Waals surface area contributed by atoms with Crippen molar-refractivity contribution in [1.82, 2.24) is 9.55 Å². The fraction of sp³-hybridized carbons (Fsp3) is 0.267. The highest BCUT2D eigenvalue weighted by Crippen LogP contribution is 2.06. The van der Waals surface area contributed by atoms with Gasteiger partial charge in [-0.15, -0.1) is 0 Å². The average Bonchev–Trinajstić information content (AvgIpc) is 2.49. The van der Waals surface area contributed by atoms with Crippen LogP contribution in [0, 0.1) is 0 Å². The topological polar surface area (TPSA) is 56.5 Å². The van der Waals surface area contributed by atoms with E-state index in [1.807, 2.05) is 29.0 Å². The zero-order chi connectivity index (χ0) is 15.1. The summed E-state index contributed by atoms with van der Waals surface area (Å²) in [6.07, 6.45) is 3.85. The van der Waals surface area contributed by atoms with Crippen molar-refractivity contribution in [2.45, 2.75) is 13.0 Å². The van der Waals surface area contributed by atoms with Crippen molar-refractivity contribution in [3.05, 3.63) is 58.9 Å². The molecule has 0 unspecified atom stereocenters. The lowest BCUT2D eigenvalue weighted by Gasteiger charge is -2.07. The number of nitrogens with zero attached hydrogens (tertiary/aromatic N) is 3. The fourth-order valence-corrected chi connectivity index (χ4v) is 1.88. The second kappa shape index (κ2) is 7.71. The number of aromatic nitrogens is 2. The molecule has 1 amide bonds. The monoisotopic (exact) mass is 305 g/mol. The first-order valence-electron chi connectivity index (χ1n) is 6.51. The van der Waals surface area contributed by atoms with Gasteiger partial charge in [0, 0.05) is 19.5 Å². The highest BCUT2D eigenvalue weighted by Gasteiger charge is 2.01. The van der Waals surface area contributed by atoms with Gasteiger partial charge >= 0.3 is 0 Å². The number of amides is 1. The summed E-state index contributed by atoms with van der Waals surface area (Å²) in [6.45, 7) is 0.942. The van der Waals surface area contributed by atoms with Crippen LogP contribution in [0.4, 0.5) is 0 Å². The summed E-state index contributed by atoms with van der Waals surface area (Å²) in [5, 5.41) is 0.455. The molecule has 0 N–H and O–H groups in total. The molecule has 2 heterocycles. The van der Waals surface area contributed by atoms with Crippen molar-refractivity contribution in [3.63, 3.8) is 0 Å². The van der Waals surface area contributed by atoms with Crippen LogP contribution in [0.2, 0.25) is 5.15 Å². The maximum absolute atomic E-state index is 11.7. The summed E-state index contributed by atoms with van der Waals surface area (Å²) < 4.78 is 6.76. The molecular formula is C15H16ClN3O2. The summed E-state index contributed by atoms with van der Waals surface area (Å²) in [5.74, 6) is -0.203. The number of pyridine rings is 2. The van der Waals surface area contributed by atoms with E-state index in [0.717, 1.165) is 5.56 Å². The molecule has 6 heteroatoms. The van der Waals surface area contributed by atoms with E-state index in [1.54, 1.807) is 25.4 Å². The number of hydrogen-bond acceptors (Lipinski definition) is 3. The molecular weight excluding hydrogens is 290 g/mol. The molecule has 0 bridgehead atoms. The van der Waals surface area contributed by atoms with E-state index in [9.17, 15) is 4.79 Å². The third-order valence-electron chi connectivity index (χ3n) is 2.82. The molecule has 2 aromatic heterocycles. The molecule has 0 aliphatic carbocycles. The number of methoxy groups -OCH3 is 1. The van der Waals surface area contributed by atoms with Gasteiger partial charge in [-0.3, -0.25) is 4.79 Å². The Labute approximate surface area is 127 Å². The van der Waals surface area contributed by atoms with E-state index < -0.39 is 0 Å². The minimum absolute atomic E-state index is 0.203. The van der Waals surface area contributed by atoms with Gasteiger partial charge in [0.1, 0.15) is 10.6 Å². The summed E-state index contributed by atoms with van der Waals surface area (Å²) in [4.78, 5) is 19.9. The van der Waals surface area contributed by atoms with Gasteiger partial charge in [0.15, 0.2) is 0 Å². The van der Waals surface area contributed by atoms with Gasteiger partial charge in [0.25, 0.3) is 0 Å². The molecule has 0 radical (unpaired) electrons. The molecule has 0 aliphatic rings. The first-order chi connectivity index (χ1) is 10.2. The molecule has 0 aliphatic heterocycles. The van der Waals surface area contributed by atoms with E-state index in [1.165, 1.54) is 0 Å². The molecule has 0 saturated heterocycles. The predicted molar refractivity (Wildman–Crippen MR) is 79.8 cm³/mol. The van der Waals surface area contributed by atoms with Gasteiger partial charge < -0.3 is 9.30 Å². The minimum atomic E-state index is -0.203. The highest BCUT2D eigenvalue weighted by atomic mass is 35.5. The Bertz CT molecular complexity index is 665. The van der Waals surface area contributed by atoms with Gasteiger partial charge in [-0.25, -0.2) is 4.98 Å². The Morgan fingerprint density at radius 1 is 1.38 bits per heavy atom. The van der Waals surface area contributed by atoms with Gasteiger partial charge in [0.2, 0.25) is 5.91 Å². The Morgan fingerprint density at radius 3 is 2.95 bits per heavy atom. The smallest absolute Gasteiger partial charge is 0.249 e. The normalized spacial score (nSPS) is 11.6. The van der Waals surface area contributed by atoms with E-state index >= 15 is 0 Å². The Morgan fingerprint density at radius 2 is 2.24 bits per heavy atom. The minimum Gasteiger partial charge on any atom is -0.384 e. The lowest BCUT2D eigenvalue weighted by atomic mass is 10.3. The fourth-order valence-electron chi connectivity index (χ4n) is 1.77. The lowest BCUT2D eigenvalue weighted by Crippen LogP contribution is -2.22. The van der Waals surface area contributed by atoms with Crippen LogP contribution in [0.3, 0.4) is 0 Å². The van der Waals surface area contributed by atoms with Crippen molar-refractivity contribution in [2.75, 3.05) is 13.7 Å². The van der Waals surface area contributed by atoms with Crippen molar-refractivity contribution >= 4 is 17.5 Å². The second-order valence-electron chi connectivity index (χ2n) is 4.42. The largest absolute Gasteiger partial charge is 0.384 e. The Balaban J connectivity index is 2.22. The summed E-state index contributed by atoms with van der Waals surface area (Å²) in [5.41, 5.74) is 1.59. The molecule has 0 fully saturated rings. The quantitative estimate of drug-likeness (QED) is 0.794. The summed E-state index contributed by atoms with van der Waals surface area (Å²) >= 11 is 5.77. The van der Waals surface area contributed by atoms with E-state index in [2.05, 4.69) is 9.98 Å². The number of hydrogen-bond donors (Lipinski definition) is 0. The van der Waals surface area contributed by atoms with Crippen LogP contribution in [0.15, 0.2) is 47.7 Å². The van der Waals surface area contributed by atoms with Crippen LogP contribution in [0.5, 0.6) is 0 Å². The standard InChI is InChI=1S/C15H16ClN3O2/c1-21-9-7-15(20)18-14-4-2-3-8-19(14)11-12-5-6-13(16)17-10-12/h2-6,8,10H,7,9,11H2,1H3. The van der Waals surface area contributed by atoms with Crippen LogP contribution in [-0.4, -0.2) is 29.2 Å². The molecule has 110 valence electrons. The summed E-state index contributed by atoms with van der Waals surface area (Å²) in [6, 6.07) is 9.17. The maximum atomic E-state index is 11.7. The van der Waals surface area contributed by atoms with Gasteiger partial charge in [-0.2, -0.15) is 4.99 Å². The third kappa shape index (κ3) is 4.81. The van der Waals surface area contributed by atoms with Crippen LogP contribution >= 0.6 is 11.6 Å². The van der Waals surface area contributed by atoms with E-state index in [-0.39, 0.29) is 12.3 Å². The van der Waals surface area contributed by atoms with Crippen LogP contribution in [0.1, 0.15) is 12.0 Å². The predicted octanol–water partition coefficient (Wildman–Crippen LogP) is 2.05. The first-order valence-corrected chi connectivity index (χ1v) is 6.89. The highest BCUT2D eigenvalue weighted by molar-refractivity contribution is 6.29. The van der Waals surface area contributed by atoms with Crippen LogP contribution < -0.4 is 5.49 Å². The van der Waals surface area contributed by atoms with Crippen LogP contribution in [0.25, 0.3) is 0 Å². The SMILES string of the molecule is COCCC(=O)N=c1ccccn1Cc1ccc(Cl)nc1. The second-order valence-corrected chi connectivity index (χ2v) is 4.81. The van der Waals surface area contributed by atoms with Crippen molar-refractivity contribution in [3.8, 4) is 0 Å². The molecule has 21 heavy (non-hydrogen) atoms. The molecule has 0 atom stereocenters. The number of ether oxygens (including phenoxy) is 1. The third-order valence-corrected chi connectivity index (χ3v) is 3.04. The Kier molecular flexibility index (Phi) is 5.66. The molecule has 0 saturated carbocycles. The van der Waals surface area contributed by atoms with Crippen molar-refractivity contribution in [2.24, 2.45) is 4.99 Å². The Hall–Kier alpha value is -1.98. The van der Waals surface area contributed by atoms with Crippen LogP contribution in [-0.2, 0) is 16.1 Å². The zero-order valence-corrected chi connectivity index (χ0v) is 12.5. The molecule has 0 aromatic carbocycles. The van der Waals surface area contributed by atoms with Gasteiger partial charge in [-0.1, -0.05) is 23.7 Å². The van der Waals surface area contributed by atoms with Crippen molar-refractivity contribution in [1.29, 1.82) is 0 Å². The summed E-state index contributed by atoms with van der Waals surface area (Å²) in [7, 11) is 1.56. The molecule has 2 aromatic rings. The molecule has 0 spiro atoms. The zero-order valence-electron chi connectivity index (χ0n) is 11.7. The number of carbonyl (C=O) groups excluding carboxylic acids is 1. The first kappa shape index (κ1) is 15.4.